The fourth-order valence-electron chi connectivity index (χ4n) is 1.48. The fraction of sp³-hybridized carbons (Fsp3) is 0.182. The summed E-state index contributed by atoms with van der Waals surface area (Å²) in [6.07, 6.45) is 3.22. The van der Waals surface area contributed by atoms with E-state index in [4.69, 9.17) is 5.73 Å². The second kappa shape index (κ2) is 4.40. The molecule has 0 bridgehead atoms. The van der Waals surface area contributed by atoms with Crippen LogP contribution in [0.4, 0.5) is 8.78 Å². The van der Waals surface area contributed by atoms with Crippen LogP contribution in [0.15, 0.2) is 30.6 Å². The number of aromatic nitrogens is 2. The van der Waals surface area contributed by atoms with E-state index < -0.39 is 11.6 Å². The van der Waals surface area contributed by atoms with Gasteiger partial charge in [-0.15, -0.1) is 0 Å². The summed E-state index contributed by atoms with van der Waals surface area (Å²) in [5, 5.41) is 4.02. The molecule has 0 atom stereocenters. The van der Waals surface area contributed by atoms with Crippen molar-refractivity contribution >= 4 is 0 Å². The van der Waals surface area contributed by atoms with E-state index in [9.17, 15) is 8.78 Å². The molecular formula is C11H11F2N3. The SMILES string of the molecule is NCCn1cc(-c2ccc(F)cc2F)cn1. The highest BCUT2D eigenvalue weighted by atomic mass is 19.1. The molecule has 1 heterocycles. The first-order valence-corrected chi connectivity index (χ1v) is 4.88. The molecule has 2 N–H and O–H groups in total. The summed E-state index contributed by atoms with van der Waals surface area (Å²) in [6.45, 7) is 1.04. The number of hydrogen-bond donors (Lipinski definition) is 1. The standard InChI is InChI=1S/C11H11F2N3/c12-9-1-2-10(11(13)5-9)8-6-15-16(7-8)4-3-14/h1-2,5-7H,3-4,14H2. The van der Waals surface area contributed by atoms with Crippen molar-refractivity contribution in [3.8, 4) is 11.1 Å². The molecule has 5 heteroatoms. The highest BCUT2D eigenvalue weighted by Gasteiger charge is 2.08. The third-order valence-electron chi connectivity index (χ3n) is 2.23. The summed E-state index contributed by atoms with van der Waals surface area (Å²) in [6, 6.07) is 3.47. The third-order valence-corrected chi connectivity index (χ3v) is 2.23. The van der Waals surface area contributed by atoms with Gasteiger partial charge in [-0.25, -0.2) is 8.78 Å². The van der Waals surface area contributed by atoms with Crippen molar-refractivity contribution in [1.82, 2.24) is 9.78 Å². The van der Waals surface area contributed by atoms with Gasteiger partial charge in [0, 0.05) is 29.9 Å². The molecule has 0 spiro atoms. The number of halogens is 2. The molecule has 2 rings (SSSR count). The van der Waals surface area contributed by atoms with Crippen LogP contribution in [0.5, 0.6) is 0 Å². The fourth-order valence-corrected chi connectivity index (χ4v) is 1.48. The van der Waals surface area contributed by atoms with Gasteiger partial charge in [0.05, 0.1) is 12.7 Å². The van der Waals surface area contributed by atoms with Crippen molar-refractivity contribution in [1.29, 1.82) is 0 Å². The molecule has 0 amide bonds. The lowest BCUT2D eigenvalue weighted by atomic mass is 10.1. The molecular weight excluding hydrogens is 212 g/mol. The number of hydrogen-bond acceptors (Lipinski definition) is 2. The van der Waals surface area contributed by atoms with Crippen LogP contribution in [0.1, 0.15) is 0 Å². The molecule has 0 saturated heterocycles. The van der Waals surface area contributed by atoms with Crippen molar-refractivity contribution in [3.63, 3.8) is 0 Å². The predicted molar refractivity (Wildman–Crippen MR) is 56.6 cm³/mol. The van der Waals surface area contributed by atoms with E-state index in [0.29, 0.717) is 24.2 Å². The average molecular weight is 223 g/mol. The van der Waals surface area contributed by atoms with Gasteiger partial charge >= 0.3 is 0 Å². The Morgan fingerprint density at radius 1 is 1.31 bits per heavy atom. The summed E-state index contributed by atoms with van der Waals surface area (Å²) < 4.78 is 27.8. The largest absolute Gasteiger partial charge is 0.329 e. The van der Waals surface area contributed by atoms with E-state index in [1.165, 1.54) is 18.3 Å². The summed E-state index contributed by atoms with van der Waals surface area (Å²) in [7, 11) is 0. The molecule has 84 valence electrons. The van der Waals surface area contributed by atoms with Crippen LogP contribution in [-0.4, -0.2) is 16.3 Å². The number of nitrogens with zero attached hydrogens (tertiary/aromatic N) is 2. The van der Waals surface area contributed by atoms with Gasteiger partial charge < -0.3 is 5.73 Å². The van der Waals surface area contributed by atoms with E-state index in [0.717, 1.165) is 6.07 Å². The Morgan fingerprint density at radius 2 is 2.12 bits per heavy atom. The van der Waals surface area contributed by atoms with Crippen molar-refractivity contribution in [2.45, 2.75) is 6.54 Å². The van der Waals surface area contributed by atoms with Crippen LogP contribution in [-0.2, 0) is 6.54 Å². The molecule has 1 aromatic carbocycles. The third kappa shape index (κ3) is 2.09. The zero-order valence-corrected chi connectivity index (χ0v) is 8.53. The van der Waals surface area contributed by atoms with Gasteiger partial charge in [-0.2, -0.15) is 5.10 Å². The Hall–Kier alpha value is -1.75. The Balaban J connectivity index is 2.35. The summed E-state index contributed by atoms with van der Waals surface area (Å²) in [5.41, 5.74) is 6.33. The van der Waals surface area contributed by atoms with Crippen molar-refractivity contribution in [3.05, 3.63) is 42.2 Å². The highest BCUT2D eigenvalue weighted by molar-refractivity contribution is 5.62. The van der Waals surface area contributed by atoms with Crippen LogP contribution in [0.25, 0.3) is 11.1 Å². The van der Waals surface area contributed by atoms with Gasteiger partial charge in [0.25, 0.3) is 0 Å². The Morgan fingerprint density at radius 3 is 2.81 bits per heavy atom. The average Bonchev–Trinajstić information content (AvgIpc) is 2.67. The molecule has 0 radical (unpaired) electrons. The lowest BCUT2D eigenvalue weighted by Crippen LogP contribution is -2.09. The lowest BCUT2D eigenvalue weighted by Gasteiger charge is -1.99. The smallest absolute Gasteiger partial charge is 0.134 e. The topological polar surface area (TPSA) is 43.8 Å². The van der Waals surface area contributed by atoms with Crippen LogP contribution < -0.4 is 5.73 Å². The van der Waals surface area contributed by atoms with Gasteiger partial charge in [-0.1, -0.05) is 0 Å². The van der Waals surface area contributed by atoms with Crippen LogP contribution in [0, 0.1) is 11.6 Å². The molecule has 0 aliphatic rings. The highest BCUT2D eigenvalue weighted by Crippen LogP contribution is 2.22. The zero-order chi connectivity index (χ0) is 11.5. The Labute approximate surface area is 91.5 Å². The molecule has 1 aromatic heterocycles. The number of rotatable bonds is 3. The first-order chi connectivity index (χ1) is 7.70. The van der Waals surface area contributed by atoms with Gasteiger partial charge in [0.2, 0.25) is 0 Å². The lowest BCUT2D eigenvalue weighted by molar-refractivity contribution is 0.585. The Kier molecular flexibility index (Phi) is 2.96. The van der Waals surface area contributed by atoms with Gasteiger partial charge in [0.15, 0.2) is 0 Å². The second-order valence-electron chi connectivity index (χ2n) is 3.40. The monoisotopic (exact) mass is 223 g/mol. The van der Waals surface area contributed by atoms with E-state index >= 15 is 0 Å². The van der Waals surface area contributed by atoms with Crippen molar-refractivity contribution < 1.29 is 8.78 Å². The second-order valence-corrected chi connectivity index (χ2v) is 3.40. The maximum atomic E-state index is 13.4. The van der Waals surface area contributed by atoms with Gasteiger partial charge in [0.1, 0.15) is 11.6 Å². The van der Waals surface area contributed by atoms with Gasteiger partial charge in [-0.05, 0) is 12.1 Å². The molecule has 0 aliphatic carbocycles. The van der Waals surface area contributed by atoms with Gasteiger partial charge in [-0.3, -0.25) is 4.68 Å². The van der Waals surface area contributed by atoms with E-state index in [1.54, 1.807) is 10.9 Å². The molecule has 0 fully saturated rings. The van der Waals surface area contributed by atoms with Crippen LogP contribution in [0.3, 0.4) is 0 Å². The number of nitrogens with two attached hydrogens (primary N) is 1. The normalized spacial score (nSPS) is 10.7. The van der Waals surface area contributed by atoms with Crippen molar-refractivity contribution in [2.24, 2.45) is 5.73 Å². The molecule has 0 saturated carbocycles. The first-order valence-electron chi connectivity index (χ1n) is 4.88. The summed E-state index contributed by atoms with van der Waals surface area (Å²) >= 11 is 0. The van der Waals surface area contributed by atoms with E-state index in [2.05, 4.69) is 5.10 Å². The molecule has 0 unspecified atom stereocenters. The minimum Gasteiger partial charge on any atom is -0.329 e. The van der Waals surface area contributed by atoms with Crippen molar-refractivity contribution in [2.75, 3.05) is 6.54 Å². The minimum atomic E-state index is -0.590. The minimum absolute atomic E-state index is 0.338. The quantitative estimate of drug-likeness (QED) is 0.862. The molecule has 0 aliphatic heterocycles. The van der Waals surface area contributed by atoms with E-state index in [1.807, 2.05) is 0 Å². The maximum Gasteiger partial charge on any atom is 0.134 e. The molecule has 3 nitrogen and oxygen atoms in total. The predicted octanol–water partition coefficient (Wildman–Crippen LogP) is 1.79. The zero-order valence-electron chi connectivity index (χ0n) is 8.53. The maximum absolute atomic E-state index is 13.4. The summed E-state index contributed by atoms with van der Waals surface area (Å²) in [4.78, 5) is 0. The Bertz CT molecular complexity index is 494. The van der Waals surface area contributed by atoms with E-state index in [-0.39, 0.29) is 0 Å². The van der Waals surface area contributed by atoms with Crippen LogP contribution >= 0.6 is 0 Å². The first kappa shape index (κ1) is 10.8. The molecule has 16 heavy (non-hydrogen) atoms. The number of benzene rings is 1. The summed E-state index contributed by atoms with van der Waals surface area (Å²) in [5.74, 6) is -1.18. The van der Waals surface area contributed by atoms with Crippen LogP contribution in [0.2, 0.25) is 0 Å². The molecule has 2 aromatic rings.